The third-order valence-corrected chi connectivity index (χ3v) is 3.95. The van der Waals surface area contributed by atoms with E-state index in [2.05, 4.69) is 0 Å². The van der Waals surface area contributed by atoms with E-state index in [0.717, 1.165) is 12.1 Å². The molecule has 1 aliphatic heterocycles. The van der Waals surface area contributed by atoms with E-state index in [1.807, 2.05) is 5.32 Å². The van der Waals surface area contributed by atoms with Crippen molar-refractivity contribution in [1.82, 2.24) is 9.80 Å². The van der Waals surface area contributed by atoms with Gasteiger partial charge in [0.1, 0.15) is 12.4 Å². The zero-order valence-corrected chi connectivity index (χ0v) is 14.1. The number of benzene rings is 1. The molecule has 1 aliphatic rings. The van der Waals surface area contributed by atoms with E-state index in [1.54, 1.807) is 0 Å². The van der Waals surface area contributed by atoms with Crippen LogP contribution in [0.4, 0.5) is 28.0 Å². The molecular weight excluding hydrogens is 358 g/mol. The van der Waals surface area contributed by atoms with Crippen molar-refractivity contribution >= 4 is 17.6 Å². The lowest BCUT2D eigenvalue weighted by molar-refractivity contribution is -0.137. The number of alkyl halides is 3. The number of nitrogens with zero attached hydrogens (tertiary/aromatic N) is 2. The number of rotatable bonds is 3. The van der Waals surface area contributed by atoms with Gasteiger partial charge in [0.15, 0.2) is 0 Å². The monoisotopic (exact) mass is 377 g/mol. The van der Waals surface area contributed by atoms with E-state index in [0.29, 0.717) is 19.0 Å². The van der Waals surface area contributed by atoms with Crippen LogP contribution in [0.1, 0.15) is 12.0 Å². The maximum Gasteiger partial charge on any atom is 0.418 e. The highest BCUT2D eigenvalue weighted by molar-refractivity contribution is 5.90. The maximum absolute atomic E-state index is 13.8. The van der Waals surface area contributed by atoms with Gasteiger partial charge in [-0.15, -0.1) is 0 Å². The van der Waals surface area contributed by atoms with Crippen LogP contribution in [-0.2, 0) is 15.7 Å². The first-order valence-corrected chi connectivity index (χ1v) is 7.92. The fourth-order valence-corrected chi connectivity index (χ4v) is 2.66. The van der Waals surface area contributed by atoms with Crippen LogP contribution in [0.5, 0.6) is 0 Å². The number of para-hydroxylation sites is 1. The van der Waals surface area contributed by atoms with Gasteiger partial charge < -0.3 is 19.9 Å². The molecule has 1 heterocycles. The van der Waals surface area contributed by atoms with Crippen molar-refractivity contribution in [3.63, 3.8) is 0 Å². The van der Waals surface area contributed by atoms with Crippen LogP contribution in [0.15, 0.2) is 18.2 Å². The number of amides is 3. The minimum absolute atomic E-state index is 0.0869. The Morgan fingerprint density at radius 1 is 1.15 bits per heavy atom. The Labute approximate surface area is 147 Å². The molecule has 0 saturated carbocycles. The molecule has 0 spiro atoms. The van der Waals surface area contributed by atoms with Gasteiger partial charge >= 0.3 is 12.2 Å². The normalized spacial score (nSPS) is 15.6. The number of carbonyl (C=O) groups excluding carboxylic acids is 2. The lowest BCUT2D eigenvalue weighted by atomic mass is 10.1. The summed E-state index contributed by atoms with van der Waals surface area (Å²) in [4.78, 5) is 26.9. The van der Waals surface area contributed by atoms with Crippen molar-refractivity contribution < 1.29 is 31.9 Å². The number of nitrogens with one attached hydrogen (secondary N) is 1. The highest BCUT2D eigenvalue weighted by atomic mass is 19.4. The highest BCUT2D eigenvalue weighted by Gasteiger charge is 2.35. The van der Waals surface area contributed by atoms with Crippen molar-refractivity contribution in [3.05, 3.63) is 29.6 Å². The van der Waals surface area contributed by atoms with E-state index in [4.69, 9.17) is 4.74 Å². The van der Waals surface area contributed by atoms with E-state index in [-0.39, 0.29) is 32.1 Å². The number of anilines is 1. The molecule has 0 atom stereocenters. The van der Waals surface area contributed by atoms with Crippen LogP contribution < -0.4 is 5.32 Å². The molecule has 6 nitrogen and oxygen atoms in total. The summed E-state index contributed by atoms with van der Waals surface area (Å²) < 4.78 is 57.7. The smallest absolute Gasteiger partial charge is 0.375 e. The summed E-state index contributed by atoms with van der Waals surface area (Å²) in [5.74, 6) is -1.40. The van der Waals surface area contributed by atoms with Gasteiger partial charge in [-0.1, -0.05) is 6.07 Å². The molecule has 144 valence electrons. The second-order valence-corrected chi connectivity index (χ2v) is 5.74. The second kappa shape index (κ2) is 8.35. The molecule has 1 aromatic rings. The lowest BCUT2D eigenvalue weighted by Gasteiger charge is -2.23. The quantitative estimate of drug-likeness (QED) is 0.824. The Bertz CT molecular complexity index is 667. The van der Waals surface area contributed by atoms with Crippen LogP contribution in [0, 0.1) is 5.82 Å². The fourth-order valence-electron chi connectivity index (χ4n) is 2.66. The summed E-state index contributed by atoms with van der Waals surface area (Å²) in [6.45, 7) is 0.893. The summed E-state index contributed by atoms with van der Waals surface area (Å²) in [7, 11) is 1.39. The van der Waals surface area contributed by atoms with Crippen molar-refractivity contribution in [2.24, 2.45) is 0 Å². The number of urea groups is 1. The van der Waals surface area contributed by atoms with Gasteiger partial charge in [0, 0.05) is 33.3 Å². The van der Waals surface area contributed by atoms with E-state index < -0.39 is 29.3 Å². The van der Waals surface area contributed by atoms with Gasteiger partial charge in [0.25, 0.3) is 0 Å². The minimum atomic E-state index is -4.80. The molecule has 1 N–H and O–H groups in total. The van der Waals surface area contributed by atoms with Crippen molar-refractivity contribution in [1.29, 1.82) is 0 Å². The van der Waals surface area contributed by atoms with Crippen LogP contribution in [0.3, 0.4) is 0 Å². The van der Waals surface area contributed by atoms with Gasteiger partial charge in [0.05, 0.1) is 11.3 Å². The fraction of sp³-hybridized carbons (Fsp3) is 0.500. The van der Waals surface area contributed by atoms with Crippen LogP contribution in [-0.4, -0.2) is 61.6 Å². The summed E-state index contributed by atoms with van der Waals surface area (Å²) >= 11 is 0. The van der Waals surface area contributed by atoms with E-state index in [9.17, 15) is 27.2 Å². The summed E-state index contributed by atoms with van der Waals surface area (Å²) in [5.41, 5.74) is -2.15. The van der Waals surface area contributed by atoms with Crippen LogP contribution >= 0.6 is 0 Å². The average molecular weight is 377 g/mol. The van der Waals surface area contributed by atoms with Crippen molar-refractivity contribution in [3.8, 4) is 0 Å². The Kier molecular flexibility index (Phi) is 6.41. The maximum atomic E-state index is 13.8. The zero-order chi connectivity index (χ0) is 19.3. The third-order valence-electron chi connectivity index (χ3n) is 3.95. The number of methoxy groups -OCH3 is 1. The third kappa shape index (κ3) is 4.84. The summed E-state index contributed by atoms with van der Waals surface area (Å²) in [6.07, 6.45) is -4.35. The molecule has 2 rings (SSSR count). The Hall–Kier alpha value is -2.36. The molecule has 0 aliphatic carbocycles. The first-order valence-electron chi connectivity index (χ1n) is 7.92. The number of carbonyl (C=O) groups is 2. The van der Waals surface area contributed by atoms with Crippen LogP contribution in [0.25, 0.3) is 0 Å². The molecule has 10 heteroatoms. The Balaban J connectivity index is 2.08. The Morgan fingerprint density at radius 3 is 2.46 bits per heavy atom. The number of hydrogen-bond donors (Lipinski definition) is 1. The summed E-state index contributed by atoms with van der Waals surface area (Å²) in [5, 5.41) is 2.02. The molecule has 26 heavy (non-hydrogen) atoms. The standard InChI is InChI=1S/C16H19F4N3O3/c1-26-10-13(24)22-6-3-7-23(9-8-22)15(25)21-14-11(16(18,19)20)4-2-5-12(14)17/h2,4-5H,3,6-10H2,1H3,(H,21,25). The molecule has 1 aromatic carbocycles. The van der Waals surface area contributed by atoms with Crippen molar-refractivity contribution in [2.75, 3.05) is 45.2 Å². The lowest BCUT2D eigenvalue weighted by Crippen LogP contribution is -2.40. The zero-order valence-electron chi connectivity index (χ0n) is 14.1. The highest BCUT2D eigenvalue weighted by Crippen LogP contribution is 2.36. The van der Waals surface area contributed by atoms with Gasteiger partial charge in [-0.05, 0) is 18.6 Å². The Morgan fingerprint density at radius 2 is 1.81 bits per heavy atom. The molecule has 0 unspecified atom stereocenters. The van der Waals surface area contributed by atoms with Crippen LogP contribution in [0.2, 0.25) is 0 Å². The number of halogens is 4. The van der Waals surface area contributed by atoms with E-state index in [1.165, 1.54) is 16.9 Å². The second-order valence-electron chi connectivity index (χ2n) is 5.74. The molecule has 0 aromatic heterocycles. The first kappa shape index (κ1) is 20.0. The van der Waals surface area contributed by atoms with E-state index >= 15 is 0 Å². The molecule has 3 amide bonds. The minimum Gasteiger partial charge on any atom is -0.375 e. The predicted octanol–water partition coefficient (Wildman–Crippen LogP) is 2.56. The average Bonchev–Trinajstić information content (AvgIpc) is 2.82. The number of ether oxygens (including phenoxy) is 1. The molecule has 0 radical (unpaired) electrons. The van der Waals surface area contributed by atoms with Gasteiger partial charge in [-0.2, -0.15) is 13.2 Å². The molecular formula is C16H19F4N3O3. The summed E-state index contributed by atoms with van der Waals surface area (Å²) in [6, 6.07) is 1.63. The largest absolute Gasteiger partial charge is 0.418 e. The van der Waals surface area contributed by atoms with Crippen molar-refractivity contribution in [2.45, 2.75) is 12.6 Å². The topological polar surface area (TPSA) is 61.9 Å². The number of hydrogen-bond acceptors (Lipinski definition) is 3. The molecule has 0 bridgehead atoms. The molecule has 1 saturated heterocycles. The molecule has 1 fully saturated rings. The van der Waals surface area contributed by atoms with Gasteiger partial charge in [0.2, 0.25) is 5.91 Å². The van der Waals surface area contributed by atoms with Gasteiger partial charge in [-0.25, -0.2) is 9.18 Å². The SMILES string of the molecule is COCC(=O)N1CCCN(C(=O)Nc2c(F)cccc2C(F)(F)F)CC1. The van der Waals surface area contributed by atoms with Gasteiger partial charge in [-0.3, -0.25) is 4.79 Å². The first-order chi connectivity index (χ1) is 12.2. The predicted molar refractivity (Wildman–Crippen MR) is 85.1 cm³/mol.